The van der Waals surface area contributed by atoms with Crippen LogP contribution in [0.1, 0.15) is 47.9 Å². The Kier molecular flexibility index (Phi) is 6.75. The van der Waals surface area contributed by atoms with Crippen LogP contribution in [-0.4, -0.2) is 0 Å². The molecule has 0 atom stereocenters. The van der Waals surface area contributed by atoms with Crippen LogP contribution in [0.4, 0.5) is 17.1 Å². The molecule has 2 nitrogen and oxygen atoms in total. The molecule has 1 saturated carbocycles. The van der Waals surface area contributed by atoms with Gasteiger partial charge in [-0.15, -0.1) is 0 Å². The Labute approximate surface area is 327 Å². The van der Waals surface area contributed by atoms with E-state index < -0.39 is 0 Å². The molecule has 0 saturated heterocycles. The van der Waals surface area contributed by atoms with E-state index in [1.165, 1.54) is 55.6 Å². The average molecular weight is 718 g/mol. The van der Waals surface area contributed by atoms with Crippen molar-refractivity contribution >= 4 is 39.0 Å². The van der Waals surface area contributed by atoms with E-state index in [4.69, 9.17) is 4.42 Å². The van der Waals surface area contributed by atoms with Crippen molar-refractivity contribution in [2.45, 2.75) is 36.5 Å². The van der Waals surface area contributed by atoms with Gasteiger partial charge in [0.15, 0.2) is 0 Å². The molecule has 8 aromatic carbocycles. The molecule has 3 aliphatic rings. The zero-order valence-electron chi connectivity index (χ0n) is 31.1. The number of hydrogen-bond donors (Lipinski definition) is 0. The fourth-order valence-electron chi connectivity index (χ4n) is 11.0. The molecule has 0 unspecified atom stereocenters. The van der Waals surface area contributed by atoms with Crippen LogP contribution in [0.5, 0.6) is 0 Å². The number of nitrogens with zero attached hydrogens (tertiary/aromatic N) is 1. The van der Waals surface area contributed by atoms with Crippen LogP contribution in [0.15, 0.2) is 192 Å². The quantitative estimate of drug-likeness (QED) is 0.180. The second-order valence-corrected chi connectivity index (χ2v) is 16.0. The van der Waals surface area contributed by atoms with Crippen LogP contribution in [0.25, 0.3) is 55.3 Å². The summed E-state index contributed by atoms with van der Waals surface area (Å²) in [7, 11) is 0. The van der Waals surface area contributed by atoms with Gasteiger partial charge in [0.25, 0.3) is 0 Å². The molecule has 1 fully saturated rings. The van der Waals surface area contributed by atoms with Gasteiger partial charge in [-0.3, -0.25) is 0 Å². The third-order valence-corrected chi connectivity index (χ3v) is 13.5. The van der Waals surface area contributed by atoms with Gasteiger partial charge in [-0.2, -0.15) is 0 Å². The molecule has 0 amide bonds. The molecule has 0 radical (unpaired) electrons. The van der Waals surface area contributed by atoms with Gasteiger partial charge in [0.05, 0.1) is 11.1 Å². The molecular formula is C54H39NO. The van der Waals surface area contributed by atoms with E-state index >= 15 is 0 Å². The van der Waals surface area contributed by atoms with Crippen LogP contribution < -0.4 is 4.90 Å². The summed E-state index contributed by atoms with van der Waals surface area (Å²) in [6, 6.07) is 69.6. The summed E-state index contributed by atoms with van der Waals surface area (Å²) in [5.41, 5.74) is 19.1. The summed E-state index contributed by atoms with van der Waals surface area (Å²) in [6.07, 6.45) is 4.41. The summed E-state index contributed by atoms with van der Waals surface area (Å²) in [5, 5.41) is 2.26. The van der Waals surface area contributed by atoms with E-state index in [9.17, 15) is 0 Å². The average Bonchev–Trinajstić information content (AvgIpc) is 3.88. The maximum Gasteiger partial charge on any atom is 0.137 e. The van der Waals surface area contributed by atoms with Gasteiger partial charge in [0.1, 0.15) is 11.2 Å². The van der Waals surface area contributed by atoms with Crippen molar-refractivity contribution in [1.29, 1.82) is 0 Å². The molecule has 2 spiro atoms. The van der Waals surface area contributed by atoms with E-state index in [2.05, 4.69) is 193 Å². The van der Waals surface area contributed by atoms with E-state index in [0.717, 1.165) is 64.7 Å². The van der Waals surface area contributed by atoms with Crippen molar-refractivity contribution < 1.29 is 4.42 Å². The Morgan fingerprint density at radius 1 is 0.375 bits per heavy atom. The Morgan fingerprint density at radius 2 is 0.893 bits per heavy atom. The number of furan rings is 1. The minimum atomic E-state index is -0.0778. The van der Waals surface area contributed by atoms with Crippen LogP contribution >= 0.6 is 0 Å². The lowest BCUT2D eigenvalue weighted by Gasteiger charge is -2.45. The monoisotopic (exact) mass is 717 g/mol. The second-order valence-electron chi connectivity index (χ2n) is 16.0. The van der Waals surface area contributed by atoms with Gasteiger partial charge >= 0.3 is 0 Å². The number of fused-ring (bicyclic) bond motifs is 13. The highest BCUT2D eigenvalue weighted by Gasteiger charge is 2.53. The largest absolute Gasteiger partial charge is 0.456 e. The van der Waals surface area contributed by atoms with E-state index in [1.54, 1.807) is 0 Å². The molecule has 2 heteroatoms. The topological polar surface area (TPSA) is 16.4 Å². The van der Waals surface area contributed by atoms with Gasteiger partial charge in [0.2, 0.25) is 0 Å². The zero-order valence-corrected chi connectivity index (χ0v) is 31.1. The minimum Gasteiger partial charge on any atom is -0.456 e. The third kappa shape index (κ3) is 4.38. The van der Waals surface area contributed by atoms with Crippen molar-refractivity contribution in [3.63, 3.8) is 0 Å². The highest BCUT2D eigenvalue weighted by atomic mass is 16.3. The van der Waals surface area contributed by atoms with Crippen LogP contribution in [-0.2, 0) is 10.8 Å². The van der Waals surface area contributed by atoms with Crippen LogP contribution in [0.2, 0.25) is 0 Å². The molecule has 1 heterocycles. The lowest BCUT2D eigenvalue weighted by atomic mass is 9.57. The predicted molar refractivity (Wildman–Crippen MR) is 231 cm³/mol. The van der Waals surface area contributed by atoms with Gasteiger partial charge in [-0.1, -0.05) is 146 Å². The molecule has 0 bridgehead atoms. The molecule has 12 rings (SSSR count). The summed E-state index contributed by atoms with van der Waals surface area (Å²) < 4.78 is 6.48. The van der Waals surface area contributed by atoms with Gasteiger partial charge in [-0.05, 0) is 124 Å². The highest BCUT2D eigenvalue weighted by Crippen LogP contribution is 2.64. The molecule has 0 aliphatic heterocycles. The standard InChI is InChI=1S/C54H39NO/c1-2-14-36(15-3-1)37-16-12-17-38(34-37)55(49-25-13-27-51-52(49)44-21-7-11-26-50(44)56-51)39-28-29-43-42-20-6-10-24-47(42)54(48(43)35-39)32-30-53(31-33-54)45-22-8-4-18-40(45)41-19-5-9-23-46(41)53/h1-29,34-35H,30-33H2. The number of anilines is 3. The molecule has 1 aromatic heterocycles. The Morgan fingerprint density at radius 3 is 1.59 bits per heavy atom. The number of rotatable bonds is 4. The molecule has 56 heavy (non-hydrogen) atoms. The summed E-state index contributed by atoms with van der Waals surface area (Å²) in [5.74, 6) is 0. The lowest BCUT2D eigenvalue weighted by molar-refractivity contribution is 0.265. The Bertz CT molecular complexity index is 2950. The Hall–Kier alpha value is -6.64. The molecule has 266 valence electrons. The minimum absolute atomic E-state index is 0.0373. The van der Waals surface area contributed by atoms with Crippen LogP contribution in [0.3, 0.4) is 0 Å². The zero-order chi connectivity index (χ0) is 36.8. The molecule has 9 aromatic rings. The van der Waals surface area contributed by atoms with E-state index in [-0.39, 0.29) is 10.8 Å². The van der Waals surface area contributed by atoms with Crippen molar-refractivity contribution in [2.24, 2.45) is 0 Å². The molecule has 3 aliphatic carbocycles. The van der Waals surface area contributed by atoms with Gasteiger partial charge in [0, 0.05) is 27.6 Å². The maximum atomic E-state index is 6.48. The van der Waals surface area contributed by atoms with Crippen LogP contribution in [0, 0.1) is 0 Å². The predicted octanol–water partition coefficient (Wildman–Crippen LogP) is 14.5. The van der Waals surface area contributed by atoms with Crippen molar-refractivity contribution in [2.75, 3.05) is 4.90 Å². The third-order valence-electron chi connectivity index (χ3n) is 13.5. The van der Waals surface area contributed by atoms with E-state index in [1.807, 2.05) is 0 Å². The van der Waals surface area contributed by atoms with Gasteiger partial charge in [-0.25, -0.2) is 0 Å². The smallest absolute Gasteiger partial charge is 0.137 e. The lowest BCUT2D eigenvalue weighted by Crippen LogP contribution is -2.39. The number of para-hydroxylation sites is 1. The first-order valence-corrected chi connectivity index (χ1v) is 20.0. The fraction of sp³-hybridized carbons (Fsp3) is 0.111. The highest BCUT2D eigenvalue weighted by molar-refractivity contribution is 6.13. The first kappa shape index (κ1) is 31.7. The summed E-state index contributed by atoms with van der Waals surface area (Å²) in [4.78, 5) is 2.47. The molecular weight excluding hydrogens is 679 g/mol. The van der Waals surface area contributed by atoms with E-state index in [0.29, 0.717) is 0 Å². The van der Waals surface area contributed by atoms with Crippen molar-refractivity contribution in [3.8, 4) is 33.4 Å². The normalized spacial score (nSPS) is 15.5. The Balaban J connectivity index is 1.05. The maximum absolute atomic E-state index is 6.48. The van der Waals surface area contributed by atoms with Crippen molar-refractivity contribution in [3.05, 3.63) is 210 Å². The first-order chi connectivity index (χ1) is 27.7. The first-order valence-electron chi connectivity index (χ1n) is 20.0. The molecule has 0 N–H and O–H groups in total. The summed E-state index contributed by atoms with van der Waals surface area (Å²) >= 11 is 0. The number of hydrogen-bond acceptors (Lipinski definition) is 2. The number of benzene rings is 8. The van der Waals surface area contributed by atoms with Crippen molar-refractivity contribution in [1.82, 2.24) is 0 Å². The second kappa shape index (κ2) is 11.9. The van der Waals surface area contributed by atoms with Gasteiger partial charge < -0.3 is 9.32 Å². The summed E-state index contributed by atoms with van der Waals surface area (Å²) in [6.45, 7) is 0. The SMILES string of the molecule is c1ccc(-c2cccc(N(c3ccc4c(c3)C3(CCC5(CC3)c3ccccc3-c3ccccc35)c3ccccc3-4)c3cccc4oc5ccccc5c34)c2)cc1. The fourth-order valence-corrected chi connectivity index (χ4v) is 11.0.